The van der Waals surface area contributed by atoms with Crippen molar-refractivity contribution in [1.82, 2.24) is 0 Å². The Morgan fingerprint density at radius 3 is 1.94 bits per heavy atom. The van der Waals surface area contributed by atoms with Crippen LogP contribution in [0.15, 0.2) is 0 Å². The van der Waals surface area contributed by atoms with Crippen LogP contribution in [0.4, 0.5) is 0 Å². The summed E-state index contributed by atoms with van der Waals surface area (Å²) >= 11 is 0. The van der Waals surface area contributed by atoms with Crippen LogP contribution in [0.3, 0.4) is 0 Å². The van der Waals surface area contributed by atoms with E-state index in [1.807, 2.05) is 0 Å². The molecule has 0 saturated heterocycles. The predicted molar refractivity (Wildman–Crippen MR) is 74.3 cm³/mol. The van der Waals surface area contributed by atoms with E-state index < -0.39 is 13.0 Å². The molecular weight excluding hydrogens is 249 g/mol. The lowest BCUT2D eigenvalue weighted by Crippen LogP contribution is -2.32. The normalized spacial score (nSPS) is 14.4. The van der Waals surface area contributed by atoms with Crippen LogP contribution < -0.4 is 5.73 Å². The molecule has 2 N–H and O–H groups in total. The van der Waals surface area contributed by atoms with Gasteiger partial charge in [0.25, 0.3) is 0 Å². The molecule has 0 aliphatic carbocycles. The zero-order chi connectivity index (χ0) is 13.9. The van der Waals surface area contributed by atoms with Crippen LogP contribution in [0.5, 0.6) is 0 Å². The highest BCUT2D eigenvalue weighted by molar-refractivity contribution is 7.32. The van der Waals surface area contributed by atoms with Gasteiger partial charge in [-0.2, -0.15) is 0 Å². The topological polar surface area (TPSA) is 69.4 Å². The van der Waals surface area contributed by atoms with E-state index in [0.29, 0.717) is 6.61 Å². The van der Waals surface area contributed by atoms with Gasteiger partial charge in [-0.1, -0.05) is 51.9 Å². The van der Waals surface area contributed by atoms with Crippen molar-refractivity contribution in [2.45, 2.75) is 70.6 Å². The molecule has 1 atom stereocenters. The van der Waals surface area contributed by atoms with E-state index in [9.17, 15) is 9.13 Å². The second-order valence-electron chi connectivity index (χ2n) is 4.96. The minimum Gasteiger partial charge on any atom is -0.359 e. The van der Waals surface area contributed by atoms with Gasteiger partial charge in [0, 0.05) is 13.2 Å². The van der Waals surface area contributed by atoms with Crippen molar-refractivity contribution in [3.8, 4) is 0 Å². The first-order chi connectivity index (χ1) is 8.56. The Labute approximate surface area is 111 Å². The first kappa shape index (κ1) is 17.8. The van der Waals surface area contributed by atoms with Crippen LogP contribution in [-0.4, -0.2) is 18.5 Å². The summed E-state index contributed by atoms with van der Waals surface area (Å²) in [5.41, 5.74) is 5.41. The molecule has 0 bridgehead atoms. The van der Waals surface area contributed by atoms with E-state index in [-0.39, 0.29) is 6.54 Å². The lowest BCUT2D eigenvalue weighted by molar-refractivity contribution is 0.0335. The summed E-state index contributed by atoms with van der Waals surface area (Å²) in [6.45, 7) is 4.24. The second kappa shape index (κ2) is 10.7. The Kier molecular flexibility index (Phi) is 10.6. The SMILES string of the molecule is CCCCCCCCCCOC(C)(CN)P(=O)=O. The van der Waals surface area contributed by atoms with Gasteiger partial charge in [0.05, 0.1) is 0 Å². The molecule has 18 heavy (non-hydrogen) atoms. The molecule has 5 heteroatoms. The molecule has 0 saturated carbocycles. The minimum atomic E-state index is -2.63. The van der Waals surface area contributed by atoms with E-state index in [2.05, 4.69) is 6.92 Å². The Bertz CT molecular complexity index is 261. The first-order valence-electron chi connectivity index (χ1n) is 7.05. The number of rotatable bonds is 12. The van der Waals surface area contributed by atoms with Crippen LogP contribution in [0.25, 0.3) is 0 Å². The van der Waals surface area contributed by atoms with E-state index in [1.165, 1.54) is 45.4 Å². The third kappa shape index (κ3) is 8.02. The largest absolute Gasteiger partial charge is 0.359 e. The number of nitrogens with two attached hydrogens (primary N) is 1. The zero-order valence-corrected chi connectivity index (χ0v) is 12.7. The van der Waals surface area contributed by atoms with Gasteiger partial charge >= 0.3 is 7.68 Å². The summed E-state index contributed by atoms with van der Waals surface area (Å²) in [4.78, 5) is 0. The smallest absolute Gasteiger partial charge is 0.349 e. The molecule has 1 unspecified atom stereocenters. The average molecular weight is 277 g/mol. The predicted octanol–water partition coefficient (Wildman–Crippen LogP) is 3.99. The van der Waals surface area contributed by atoms with Crippen molar-refractivity contribution >= 4 is 7.68 Å². The molecule has 0 fully saturated rings. The van der Waals surface area contributed by atoms with Crippen LogP contribution >= 0.6 is 7.68 Å². The third-order valence-electron chi connectivity index (χ3n) is 3.18. The van der Waals surface area contributed by atoms with Gasteiger partial charge in [0.1, 0.15) is 0 Å². The molecule has 0 aliphatic rings. The molecule has 0 aromatic carbocycles. The molecule has 0 heterocycles. The molecule has 0 aromatic heterocycles. The highest BCUT2D eigenvalue weighted by atomic mass is 31.1. The summed E-state index contributed by atoms with van der Waals surface area (Å²) in [6.07, 6.45) is 9.72. The van der Waals surface area contributed by atoms with Gasteiger partial charge in [-0.15, -0.1) is 0 Å². The number of hydrogen-bond donors (Lipinski definition) is 1. The summed E-state index contributed by atoms with van der Waals surface area (Å²) in [5.74, 6) is 0. The van der Waals surface area contributed by atoms with Crippen LogP contribution in [0.2, 0.25) is 0 Å². The van der Waals surface area contributed by atoms with Gasteiger partial charge in [-0.05, 0) is 13.3 Å². The Morgan fingerprint density at radius 1 is 1.00 bits per heavy atom. The monoisotopic (exact) mass is 277 g/mol. The zero-order valence-electron chi connectivity index (χ0n) is 11.8. The number of unbranched alkanes of at least 4 members (excludes halogenated alkanes) is 7. The summed E-state index contributed by atoms with van der Waals surface area (Å²) in [5, 5.41) is -1.18. The van der Waals surface area contributed by atoms with E-state index in [1.54, 1.807) is 0 Å². The number of hydrogen-bond acceptors (Lipinski definition) is 4. The second-order valence-corrected chi connectivity index (χ2v) is 6.42. The van der Waals surface area contributed by atoms with Gasteiger partial charge in [-0.25, -0.2) is 9.13 Å². The lowest BCUT2D eigenvalue weighted by Gasteiger charge is -2.19. The fourth-order valence-corrected chi connectivity index (χ4v) is 2.06. The van der Waals surface area contributed by atoms with Crippen molar-refractivity contribution in [1.29, 1.82) is 0 Å². The maximum atomic E-state index is 11.0. The Hall–Kier alpha value is -0.180. The summed E-state index contributed by atoms with van der Waals surface area (Å²) in [7, 11) is -2.63. The summed E-state index contributed by atoms with van der Waals surface area (Å²) < 4.78 is 27.3. The minimum absolute atomic E-state index is 0.0166. The van der Waals surface area contributed by atoms with Crippen molar-refractivity contribution in [3.63, 3.8) is 0 Å². The van der Waals surface area contributed by atoms with Crippen LogP contribution in [0, 0.1) is 0 Å². The maximum absolute atomic E-state index is 11.0. The van der Waals surface area contributed by atoms with E-state index in [0.717, 1.165) is 12.8 Å². The van der Waals surface area contributed by atoms with E-state index in [4.69, 9.17) is 10.5 Å². The molecule has 108 valence electrons. The molecule has 4 nitrogen and oxygen atoms in total. The summed E-state index contributed by atoms with van der Waals surface area (Å²) in [6, 6.07) is 0. The van der Waals surface area contributed by atoms with Gasteiger partial charge in [-0.3, -0.25) is 0 Å². The highest BCUT2D eigenvalue weighted by Crippen LogP contribution is 2.29. The Morgan fingerprint density at radius 2 is 1.50 bits per heavy atom. The highest BCUT2D eigenvalue weighted by Gasteiger charge is 2.29. The standard InChI is InChI=1S/C13H28NO3P/c1-3-4-5-6-7-8-9-10-11-17-13(2,12-14)18(15)16/h3-12,14H2,1-2H3. The van der Waals surface area contributed by atoms with Crippen molar-refractivity contribution < 1.29 is 13.9 Å². The average Bonchev–Trinajstić information content (AvgIpc) is 2.36. The fourth-order valence-electron chi connectivity index (χ4n) is 1.71. The molecule has 0 rings (SSSR count). The van der Waals surface area contributed by atoms with Crippen molar-refractivity contribution in [2.24, 2.45) is 5.73 Å². The lowest BCUT2D eigenvalue weighted by atomic mass is 10.1. The molecule has 0 amide bonds. The molecule has 0 radical (unpaired) electrons. The van der Waals surface area contributed by atoms with E-state index >= 15 is 0 Å². The number of ether oxygens (including phenoxy) is 1. The first-order valence-corrected chi connectivity index (χ1v) is 8.23. The van der Waals surface area contributed by atoms with Crippen molar-refractivity contribution in [2.75, 3.05) is 13.2 Å². The molecule has 0 aromatic rings. The van der Waals surface area contributed by atoms with Crippen LogP contribution in [0.1, 0.15) is 65.2 Å². The maximum Gasteiger partial charge on any atom is 0.349 e. The Balaban J connectivity index is 3.45. The van der Waals surface area contributed by atoms with Crippen LogP contribution in [-0.2, 0) is 13.9 Å². The molecule has 0 aliphatic heterocycles. The quantitative estimate of drug-likeness (QED) is 0.432. The fraction of sp³-hybridized carbons (Fsp3) is 1.00. The molecular formula is C13H28NO3P. The van der Waals surface area contributed by atoms with Crippen molar-refractivity contribution in [3.05, 3.63) is 0 Å². The molecule has 0 spiro atoms. The third-order valence-corrected chi connectivity index (χ3v) is 4.26. The van der Waals surface area contributed by atoms with Gasteiger partial charge < -0.3 is 10.5 Å². The van der Waals surface area contributed by atoms with Gasteiger partial charge in [0.15, 0.2) is 5.34 Å². The van der Waals surface area contributed by atoms with Gasteiger partial charge in [0.2, 0.25) is 0 Å².